The topological polar surface area (TPSA) is 52.4 Å². The van der Waals surface area contributed by atoms with Crippen LogP contribution in [0.15, 0.2) is 18.2 Å². The average Bonchev–Trinajstić information content (AvgIpc) is 2.26. The highest BCUT2D eigenvalue weighted by Gasteiger charge is 2.09. The number of hydrogen-bond acceptors (Lipinski definition) is 4. The summed E-state index contributed by atoms with van der Waals surface area (Å²) in [5.41, 5.74) is 0.865. The summed E-state index contributed by atoms with van der Waals surface area (Å²) in [6.45, 7) is 0.664. The number of thioether (sulfide) groups is 1. The molecule has 0 heterocycles. The first kappa shape index (κ1) is 13.3. The van der Waals surface area contributed by atoms with Gasteiger partial charge < -0.3 is 4.74 Å². The first-order valence-electron chi connectivity index (χ1n) is 4.64. The van der Waals surface area contributed by atoms with Crippen LogP contribution in [0, 0.1) is 10.1 Å². The molecule has 88 valence electrons. The minimum atomic E-state index is -0.417. The Kier molecular flexibility index (Phi) is 5.59. The number of nitrogens with zero attached hydrogens (tertiary/aromatic N) is 1. The van der Waals surface area contributed by atoms with Gasteiger partial charge in [0.1, 0.15) is 0 Å². The lowest BCUT2D eigenvalue weighted by Gasteiger charge is -2.03. The Morgan fingerprint density at radius 1 is 1.56 bits per heavy atom. The smallest absolute Gasteiger partial charge is 0.269 e. The molecule has 1 aromatic carbocycles. The highest BCUT2D eigenvalue weighted by molar-refractivity contribution is 7.98. The molecule has 0 atom stereocenters. The van der Waals surface area contributed by atoms with Crippen LogP contribution < -0.4 is 0 Å². The Bertz CT molecular complexity index is 373. The zero-order valence-electron chi connectivity index (χ0n) is 8.81. The fourth-order valence-corrected chi connectivity index (χ4v) is 2.26. The second kappa shape index (κ2) is 6.73. The standard InChI is InChI=1S/C10H12ClNO3S/c1-15-4-5-16-7-8-6-9(12(13)14)2-3-10(8)11/h2-3,6H,4-5,7H2,1H3. The van der Waals surface area contributed by atoms with Gasteiger partial charge in [-0.2, -0.15) is 11.8 Å². The lowest BCUT2D eigenvalue weighted by Crippen LogP contribution is -1.94. The van der Waals surface area contributed by atoms with Crippen molar-refractivity contribution in [3.05, 3.63) is 38.9 Å². The molecule has 1 rings (SSSR count). The van der Waals surface area contributed by atoms with Crippen molar-refractivity contribution in [1.29, 1.82) is 0 Å². The van der Waals surface area contributed by atoms with Crippen molar-refractivity contribution in [2.24, 2.45) is 0 Å². The number of nitro groups is 1. The lowest BCUT2D eigenvalue weighted by atomic mass is 10.2. The third-order valence-electron chi connectivity index (χ3n) is 1.93. The van der Waals surface area contributed by atoms with E-state index < -0.39 is 4.92 Å². The number of methoxy groups -OCH3 is 1. The Morgan fingerprint density at radius 2 is 2.31 bits per heavy atom. The van der Waals surface area contributed by atoms with Gasteiger partial charge in [-0.25, -0.2) is 0 Å². The predicted molar refractivity (Wildman–Crippen MR) is 66.1 cm³/mol. The van der Waals surface area contributed by atoms with Crippen LogP contribution in [0.5, 0.6) is 0 Å². The van der Waals surface area contributed by atoms with Crippen LogP contribution >= 0.6 is 23.4 Å². The number of rotatable bonds is 6. The van der Waals surface area contributed by atoms with Crippen molar-refractivity contribution in [3.63, 3.8) is 0 Å². The molecule has 0 aromatic heterocycles. The molecule has 0 fully saturated rings. The number of halogens is 1. The molecule has 16 heavy (non-hydrogen) atoms. The van der Waals surface area contributed by atoms with Gasteiger partial charge in [0.15, 0.2) is 0 Å². The van der Waals surface area contributed by atoms with Gasteiger partial charge in [0.05, 0.1) is 11.5 Å². The Hall–Kier alpha value is -0.780. The van der Waals surface area contributed by atoms with Gasteiger partial charge in [0, 0.05) is 35.8 Å². The van der Waals surface area contributed by atoms with E-state index >= 15 is 0 Å². The molecule has 1 aromatic rings. The van der Waals surface area contributed by atoms with Crippen LogP contribution in [0.25, 0.3) is 0 Å². The van der Waals surface area contributed by atoms with Gasteiger partial charge in [-0.05, 0) is 11.6 Å². The zero-order valence-corrected chi connectivity index (χ0v) is 10.4. The maximum Gasteiger partial charge on any atom is 0.269 e. The second-order valence-electron chi connectivity index (χ2n) is 3.08. The first-order chi connectivity index (χ1) is 7.65. The molecule has 4 nitrogen and oxygen atoms in total. The normalized spacial score (nSPS) is 10.4. The second-order valence-corrected chi connectivity index (χ2v) is 4.59. The minimum Gasteiger partial charge on any atom is -0.384 e. The van der Waals surface area contributed by atoms with E-state index in [-0.39, 0.29) is 5.69 Å². The lowest BCUT2D eigenvalue weighted by molar-refractivity contribution is -0.384. The maximum atomic E-state index is 10.6. The minimum absolute atomic E-state index is 0.0757. The summed E-state index contributed by atoms with van der Waals surface area (Å²) in [6.07, 6.45) is 0. The van der Waals surface area contributed by atoms with Gasteiger partial charge >= 0.3 is 0 Å². The Balaban J connectivity index is 2.63. The zero-order chi connectivity index (χ0) is 12.0. The highest BCUT2D eigenvalue weighted by atomic mass is 35.5. The van der Waals surface area contributed by atoms with Crippen molar-refractivity contribution >= 4 is 29.1 Å². The van der Waals surface area contributed by atoms with Crippen LogP contribution in [-0.2, 0) is 10.5 Å². The quantitative estimate of drug-likeness (QED) is 0.448. The first-order valence-corrected chi connectivity index (χ1v) is 6.18. The average molecular weight is 262 g/mol. The van der Waals surface area contributed by atoms with Gasteiger partial charge in [-0.15, -0.1) is 0 Å². The molecular formula is C10H12ClNO3S. The van der Waals surface area contributed by atoms with Crippen molar-refractivity contribution in [2.45, 2.75) is 5.75 Å². The van der Waals surface area contributed by atoms with Gasteiger partial charge in [0.25, 0.3) is 5.69 Å². The van der Waals surface area contributed by atoms with E-state index in [1.165, 1.54) is 12.1 Å². The number of hydrogen-bond donors (Lipinski definition) is 0. The highest BCUT2D eigenvalue weighted by Crippen LogP contribution is 2.25. The van der Waals surface area contributed by atoms with E-state index in [4.69, 9.17) is 16.3 Å². The van der Waals surface area contributed by atoms with Gasteiger partial charge in [-0.1, -0.05) is 11.6 Å². The summed E-state index contributed by atoms with van der Waals surface area (Å²) in [5.74, 6) is 1.50. The molecule has 0 N–H and O–H groups in total. The maximum absolute atomic E-state index is 10.6. The molecule has 0 spiro atoms. The van der Waals surface area contributed by atoms with Crippen LogP contribution in [0.2, 0.25) is 5.02 Å². The summed E-state index contributed by atoms with van der Waals surface area (Å²) in [6, 6.07) is 4.49. The summed E-state index contributed by atoms with van der Waals surface area (Å²) >= 11 is 7.58. The molecule has 0 saturated carbocycles. The number of non-ortho nitro benzene ring substituents is 1. The Labute approximate surface area is 103 Å². The number of ether oxygens (including phenoxy) is 1. The molecule has 0 aliphatic rings. The number of nitro benzene ring substituents is 1. The molecule has 6 heteroatoms. The fraction of sp³-hybridized carbons (Fsp3) is 0.400. The third-order valence-corrected chi connectivity index (χ3v) is 3.27. The SMILES string of the molecule is COCCSCc1cc([N+](=O)[O-])ccc1Cl. The van der Waals surface area contributed by atoms with E-state index in [1.807, 2.05) is 0 Å². The monoisotopic (exact) mass is 261 g/mol. The van der Waals surface area contributed by atoms with Crippen LogP contribution in [0.1, 0.15) is 5.56 Å². The van der Waals surface area contributed by atoms with Crippen molar-refractivity contribution in [1.82, 2.24) is 0 Å². The van der Waals surface area contributed by atoms with Crippen molar-refractivity contribution in [2.75, 3.05) is 19.5 Å². The van der Waals surface area contributed by atoms with Gasteiger partial charge in [-0.3, -0.25) is 10.1 Å². The third kappa shape index (κ3) is 4.00. The largest absolute Gasteiger partial charge is 0.384 e. The van der Waals surface area contributed by atoms with Crippen LogP contribution in [0.3, 0.4) is 0 Å². The molecule has 0 amide bonds. The van der Waals surface area contributed by atoms with Crippen LogP contribution in [0.4, 0.5) is 5.69 Å². The molecule has 0 radical (unpaired) electrons. The molecule has 0 aliphatic carbocycles. The van der Waals surface area contributed by atoms with E-state index in [1.54, 1.807) is 24.9 Å². The Morgan fingerprint density at radius 3 is 2.94 bits per heavy atom. The van der Waals surface area contributed by atoms with E-state index in [0.717, 1.165) is 11.3 Å². The van der Waals surface area contributed by atoms with Crippen LogP contribution in [-0.4, -0.2) is 24.4 Å². The van der Waals surface area contributed by atoms with Crippen molar-refractivity contribution in [3.8, 4) is 0 Å². The summed E-state index contributed by atoms with van der Waals surface area (Å²) < 4.78 is 4.91. The van der Waals surface area contributed by atoms with Crippen molar-refractivity contribution < 1.29 is 9.66 Å². The van der Waals surface area contributed by atoms with E-state index in [9.17, 15) is 10.1 Å². The van der Waals surface area contributed by atoms with E-state index in [0.29, 0.717) is 17.4 Å². The summed E-state index contributed by atoms with van der Waals surface area (Å²) in [4.78, 5) is 10.2. The summed E-state index contributed by atoms with van der Waals surface area (Å²) in [5, 5.41) is 11.1. The molecule has 0 bridgehead atoms. The van der Waals surface area contributed by atoms with Gasteiger partial charge in [0.2, 0.25) is 0 Å². The molecule has 0 aliphatic heterocycles. The number of benzene rings is 1. The summed E-state index contributed by atoms with van der Waals surface area (Å²) in [7, 11) is 1.64. The molecule has 0 saturated heterocycles. The molecule has 0 unspecified atom stereocenters. The molecular weight excluding hydrogens is 250 g/mol. The predicted octanol–water partition coefficient (Wildman–Crippen LogP) is 3.13. The van der Waals surface area contributed by atoms with E-state index in [2.05, 4.69) is 0 Å². The fourth-order valence-electron chi connectivity index (χ4n) is 1.11.